The molecule has 112 valence electrons. The van der Waals surface area contributed by atoms with Crippen LogP contribution in [0.2, 0.25) is 5.02 Å². The molecule has 3 aromatic rings. The topological polar surface area (TPSA) is 78.5 Å². The molecule has 22 heavy (non-hydrogen) atoms. The van der Waals surface area contributed by atoms with Gasteiger partial charge in [0.25, 0.3) is 0 Å². The van der Waals surface area contributed by atoms with Gasteiger partial charge in [0.2, 0.25) is 5.95 Å². The van der Waals surface area contributed by atoms with Crippen LogP contribution in [0.25, 0.3) is 0 Å². The molecule has 0 fully saturated rings. The highest BCUT2D eigenvalue weighted by Crippen LogP contribution is 2.20. The summed E-state index contributed by atoms with van der Waals surface area (Å²) in [5.74, 6) is 1.92. The summed E-state index contributed by atoms with van der Waals surface area (Å²) in [5, 5.41) is 14.1. The zero-order chi connectivity index (χ0) is 15.5. The Morgan fingerprint density at radius 3 is 2.50 bits per heavy atom. The highest BCUT2D eigenvalue weighted by atomic mass is 35.5. The second-order valence-electron chi connectivity index (χ2n) is 4.84. The summed E-state index contributed by atoms with van der Waals surface area (Å²) in [6, 6.07) is 9.14. The average Bonchev–Trinajstić information content (AvgIpc) is 2.82. The Hall–Kier alpha value is -2.60. The first-order valence-electron chi connectivity index (χ1n) is 6.76. The molecular formula is C15H15ClN6. The molecule has 2 aromatic heterocycles. The average molecular weight is 315 g/mol. The molecule has 0 aliphatic carbocycles. The van der Waals surface area contributed by atoms with Crippen molar-refractivity contribution in [3.8, 4) is 0 Å². The molecule has 7 heteroatoms. The summed E-state index contributed by atoms with van der Waals surface area (Å²) >= 11 is 5.87. The van der Waals surface area contributed by atoms with Crippen molar-refractivity contribution in [1.29, 1.82) is 0 Å². The van der Waals surface area contributed by atoms with Crippen LogP contribution in [0.5, 0.6) is 0 Å². The fourth-order valence-corrected chi connectivity index (χ4v) is 2.00. The zero-order valence-corrected chi connectivity index (χ0v) is 12.9. The fraction of sp³-hybridized carbons (Fsp3) is 0.133. The van der Waals surface area contributed by atoms with Crippen LogP contribution >= 0.6 is 11.6 Å². The number of aryl methyl sites for hydroxylation is 1. The number of aromatic amines is 1. The van der Waals surface area contributed by atoms with E-state index in [2.05, 4.69) is 30.8 Å². The van der Waals surface area contributed by atoms with Gasteiger partial charge in [0.05, 0.1) is 0 Å². The van der Waals surface area contributed by atoms with Gasteiger partial charge in [-0.3, -0.25) is 5.10 Å². The molecule has 0 saturated heterocycles. The summed E-state index contributed by atoms with van der Waals surface area (Å²) in [7, 11) is 0. The predicted octanol–water partition coefficient (Wildman–Crippen LogP) is 3.96. The van der Waals surface area contributed by atoms with E-state index >= 15 is 0 Å². The summed E-state index contributed by atoms with van der Waals surface area (Å²) in [6.07, 6.45) is 1.68. The molecule has 0 radical (unpaired) electrons. The molecule has 0 aliphatic rings. The number of anilines is 4. The van der Waals surface area contributed by atoms with Gasteiger partial charge in [-0.05, 0) is 44.2 Å². The number of nitrogens with zero attached hydrogens (tertiary/aromatic N) is 3. The maximum Gasteiger partial charge on any atom is 0.229 e. The smallest absolute Gasteiger partial charge is 0.229 e. The third-order valence-corrected chi connectivity index (χ3v) is 3.51. The summed E-state index contributed by atoms with van der Waals surface area (Å²) < 4.78 is 0. The van der Waals surface area contributed by atoms with Crippen molar-refractivity contribution in [2.24, 2.45) is 0 Å². The quantitative estimate of drug-likeness (QED) is 0.679. The Labute approximate surface area is 133 Å². The molecule has 0 atom stereocenters. The van der Waals surface area contributed by atoms with Crippen LogP contribution in [0.1, 0.15) is 11.3 Å². The van der Waals surface area contributed by atoms with Crippen LogP contribution in [0, 0.1) is 13.8 Å². The van der Waals surface area contributed by atoms with Crippen molar-refractivity contribution in [2.45, 2.75) is 13.8 Å². The highest BCUT2D eigenvalue weighted by Gasteiger charge is 2.07. The lowest BCUT2D eigenvalue weighted by atomic mass is 10.3. The normalized spacial score (nSPS) is 10.5. The van der Waals surface area contributed by atoms with E-state index in [0.717, 1.165) is 22.8 Å². The summed E-state index contributed by atoms with van der Waals surface area (Å²) in [6.45, 7) is 3.97. The second-order valence-corrected chi connectivity index (χ2v) is 5.28. The molecule has 0 aliphatic heterocycles. The van der Waals surface area contributed by atoms with Gasteiger partial charge >= 0.3 is 0 Å². The number of rotatable bonds is 4. The molecule has 6 nitrogen and oxygen atoms in total. The summed E-state index contributed by atoms with van der Waals surface area (Å²) in [5.41, 5.74) is 2.95. The largest absolute Gasteiger partial charge is 0.324 e. The second kappa shape index (κ2) is 6.03. The van der Waals surface area contributed by atoms with Crippen LogP contribution in [0.3, 0.4) is 0 Å². The van der Waals surface area contributed by atoms with E-state index in [1.807, 2.05) is 38.1 Å². The van der Waals surface area contributed by atoms with E-state index in [1.54, 1.807) is 12.3 Å². The van der Waals surface area contributed by atoms with E-state index in [9.17, 15) is 0 Å². The fourth-order valence-electron chi connectivity index (χ4n) is 1.88. The highest BCUT2D eigenvalue weighted by molar-refractivity contribution is 6.30. The van der Waals surface area contributed by atoms with E-state index in [0.29, 0.717) is 16.8 Å². The van der Waals surface area contributed by atoms with Crippen LogP contribution in [-0.2, 0) is 0 Å². The molecule has 0 amide bonds. The molecule has 0 spiro atoms. The van der Waals surface area contributed by atoms with E-state index in [-0.39, 0.29) is 0 Å². The van der Waals surface area contributed by atoms with Gasteiger partial charge in [-0.15, -0.1) is 0 Å². The number of nitrogens with one attached hydrogen (secondary N) is 3. The Morgan fingerprint density at radius 2 is 1.82 bits per heavy atom. The van der Waals surface area contributed by atoms with Crippen molar-refractivity contribution in [3.63, 3.8) is 0 Å². The monoisotopic (exact) mass is 314 g/mol. The van der Waals surface area contributed by atoms with E-state index < -0.39 is 0 Å². The minimum atomic E-state index is 0.497. The van der Waals surface area contributed by atoms with Crippen LogP contribution in [0.15, 0.2) is 36.5 Å². The first kappa shape index (κ1) is 14.3. The first-order chi connectivity index (χ1) is 10.6. The van der Waals surface area contributed by atoms with Crippen LogP contribution in [-0.4, -0.2) is 20.2 Å². The SMILES string of the molecule is Cc1[nH]nc(Nc2ccnc(Nc3ccc(Cl)cc3)n2)c1C. The van der Waals surface area contributed by atoms with Crippen molar-refractivity contribution in [2.75, 3.05) is 10.6 Å². The van der Waals surface area contributed by atoms with Gasteiger partial charge < -0.3 is 10.6 Å². The molecule has 0 bridgehead atoms. The number of aromatic nitrogens is 4. The van der Waals surface area contributed by atoms with Gasteiger partial charge in [0.1, 0.15) is 5.82 Å². The summed E-state index contributed by atoms with van der Waals surface area (Å²) in [4.78, 5) is 8.62. The van der Waals surface area contributed by atoms with Gasteiger partial charge in [0, 0.05) is 28.2 Å². The van der Waals surface area contributed by atoms with Crippen molar-refractivity contribution in [3.05, 3.63) is 52.8 Å². The third-order valence-electron chi connectivity index (χ3n) is 3.26. The molecule has 1 aromatic carbocycles. The van der Waals surface area contributed by atoms with Gasteiger partial charge in [-0.1, -0.05) is 11.6 Å². The van der Waals surface area contributed by atoms with Crippen LogP contribution in [0.4, 0.5) is 23.3 Å². The molecule has 3 N–H and O–H groups in total. The molecule has 0 saturated carbocycles. The van der Waals surface area contributed by atoms with Crippen molar-refractivity contribution >= 4 is 34.9 Å². The Kier molecular flexibility index (Phi) is 3.93. The van der Waals surface area contributed by atoms with Gasteiger partial charge in [0.15, 0.2) is 5.82 Å². The maximum atomic E-state index is 5.87. The Bertz CT molecular complexity index is 781. The van der Waals surface area contributed by atoms with Gasteiger partial charge in [-0.2, -0.15) is 10.1 Å². The minimum Gasteiger partial charge on any atom is -0.324 e. The molecule has 0 unspecified atom stereocenters. The predicted molar refractivity (Wildman–Crippen MR) is 88.1 cm³/mol. The van der Waals surface area contributed by atoms with Gasteiger partial charge in [-0.25, -0.2) is 4.98 Å². The zero-order valence-electron chi connectivity index (χ0n) is 12.2. The first-order valence-corrected chi connectivity index (χ1v) is 7.14. The molecule has 2 heterocycles. The van der Waals surface area contributed by atoms with E-state index in [4.69, 9.17) is 11.6 Å². The minimum absolute atomic E-state index is 0.497. The molecular weight excluding hydrogens is 300 g/mol. The Morgan fingerprint density at radius 1 is 1.05 bits per heavy atom. The number of H-pyrrole nitrogens is 1. The lowest BCUT2D eigenvalue weighted by Gasteiger charge is -2.07. The number of benzene rings is 1. The van der Waals surface area contributed by atoms with Crippen LogP contribution < -0.4 is 10.6 Å². The third kappa shape index (κ3) is 3.17. The number of hydrogen-bond donors (Lipinski definition) is 3. The van der Waals surface area contributed by atoms with E-state index in [1.165, 1.54) is 0 Å². The lowest BCUT2D eigenvalue weighted by molar-refractivity contribution is 1.04. The number of halogens is 1. The van der Waals surface area contributed by atoms with Crippen molar-refractivity contribution < 1.29 is 0 Å². The number of hydrogen-bond acceptors (Lipinski definition) is 5. The molecule has 3 rings (SSSR count). The maximum absolute atomic E-state index is 5.87. The Balaban J connectivity index is 1.77. The lowest BCUT2D eigenvalue weighted by Crippen LogP contribution is -2.01. The standard InChI is InChI=1S/C15H15ClN6/c1-9-10(2)21-22-14(9)19-13-7-8-17-15(20-13)18-12-5-3-11(16)4-6-12/h3-8H,1-2H3,(H3,17,18,19,20,21,22). The van der Waals surface area contributed by atoms with Crippen molar-refractivity contribution in [1.82, 2.24) is 20.2 Å².